The first-order valence-corrected chi connectivity index (χ1v) is 7.47. The first-order chi connectivity index (χ1) is 9.11. The number of amides is 1. The van der Waals surface area contributed by atoms with E-state index in [1.165, 1.54) is 11.3 Å². The minimum Gasteiger partial charge on any atom is -0.397 e. The molecule has 1 atom stereocenters. The highest BCUT2D eigenvalue weighted by Crippen LogP contribution is 2.33. The van der Waals surface area contributed by atoms with Crippen molar-refractivity contribution in [3.63, 3.8) is 0 Å². The van der Waals surface area contributed by atoms with Crippen LogP contribution in [0.2, 0.25) is 0 Å². The molecule has 1 fully saturated rings. The van der Waals surface area contributed by atoms with Crippen molar-refractivity contribution < 1.29 is 9.53 Å². The highest BCUT2D eigenvalue weighted by Gasteiger charge is 2.21. The van der Waals surface area contributed by atoms with Gasteiger partial charge in [0.15, 0.2) is 0 Å². The lowest BCUT2D eigenvalue weighted by Gasteiger charge is -2.31. The summed E-state index contributed by atoms with van der Waals surface area (Å²) in [6.07, 6.45) is 1.14. The molecule has 2 rings (SSSR count). The van der Waals surface area contributed by atoms with Gasteiger partial charge in [-0.05, 0) is 19.4 Å². The van der Waals surface area contributed by atoms with Gasteiger partial charge in [-0.3, -0.25) is 4.79 Å². The van der Waals surface area contributed by atoms with Crippen molar-refractivity contribution in [2.75, 3.05) is 36.9 Å². The number of anilines is 2. The summed E-state index contributed by atoms with van der Waals surface area (Å²) in [4.78, 5) is 14.8. The molecule has 0 saturated carbocycles. The third-order valence-corrected chi connectivity index (χ3v) is 4.25. The normalized spacial score (nSPS) is 19.5. The minimum absolute atomic E-state index is 0.0723. The van der Waals surface area contributed by atoms with Crippen molar-refractivity contribution in [1.29, 1.82) is 0 Å². The topological polar surface area (TPSA) is 67.6 Å². The molecule has 0 aromatic carbocycles. The van der Waals surface area contributed by atoms with Gasteiger partial charge in [-0.2, -0.15) is 0 Å². The Morgan fingerprint density at radius 2 is 2.47 bits per heavy atom. The van der Waals surface area contributed by atoms with E-state index in [0.29, 0.717) is 17.1 Å². The smallest absolute Gasteiger partial charge is 0.263 e. The van der Waals surface area contributed by atoms with Crippen molar-refractivity contribution in [3.8, 4) is 0 Å². The zero-order valence-corrected chi connectivity index (χ0v) is 12.3. The Kier molecular flexibility index (Phi) is 4.66. The van der Waals surface area contributed by atoms with E-state index >= 15 is 0 Å². The van der Waals surface area contributed by atoms with Crippen LogP contribution < -0.4 is 16.0 Å². The van der Waals surface area contributed by atoms with Crippen LogP contribution in [0.4, 0.5) is 10.7 Å². The third-order valence-electron chi connectivity index (χ3n) is 3.04. The summed E-state index contributed by atoms with van der Waals surface area (Å²) in [5.41, 5.74) is 6.51. The van der Waals surface area contributed by atoms with Crippen molar-refractivity contribution >= 4 is 27.9 Å². The van der Waals surface area contributed by atoms with Crippen molar-refractivity contribution in [1.82, 2.24) is 5.32 Å². The molecular formula is C13H21N3O2S. The van der Waals surface area contributed by atoms with Gasteiger partial charge in [0.05, 0.1) is 23.4 Å². The average Bonchev–Trinajstić information content (AvgIpc) is 2.78. The maximum absolute atomic E-state index is 12.0. The van der Waals surface area contributed by atoms with E-state index in [2.05, 4.69) is 17.1 Å². The Morgan fingerprint density at radius 3 is 3.16 bits per heavy atom. The number of nitrogens with two attached hydrogens (primary N) is 1. The van der Waals surface area contributed by atoms with Crippen molar-refractivity contribution in [2.24, 2.45) is 0 Å². The second kappa shape index (κ2) is 6.25. The summed E-state index contributed by atoms with van der Waals surface area (Å²) >= 11 is 1.46. The van der Waals surface area contributed by atoms with Crippen LogP contribution in [0.15, 0.2) is 6.07 Å². The summed E-state index contributed by atoms with van der Waals surface area (Å²) in [6, 6.07) is 1.89. The molecule has 1 saturated heterocycles. The van der Waals surface area contributed by atoms with E-state index in [0.717, 1.165) is 31.1 Å². The van der Waals surface area contributed by atoms with Crippen molar-refractivity contribution in [3.05, 3.63) is 10.9 Å². The molecule has 1 aromatic heterocycles. The van der Waals surface area contributed by atoms with Gasteiger partial charge >= 0.3 is 0 Å². The van der Waals surface area contributed by atoms with E-state index in [1.54, 1.807) is 0 Å². The van der Waals surface area contributed by atoms with Crippen LogP contribution in [0.25, 0.3) is 0 Å². The molecular weight excluding hydrogens is 262 g/mol. The fourth-order valence-corrected chi connectivity index (χ4v) is 3.09. The number of thiophene rings is 1. The summed E-state index contributed by atoms with van der Waals surface area (Å²) in [5.74, 6) is -0.0723. The lowest BCUT2D eigenvalue weighted by atomic mass is 10.3. The minimum atomic E-state index is -0.0723. The number of rotatable bonds is 4. The van der Waals surface area contributed by atoms with Crippen LogP contribution in [-0.2, 0) is 4.74 Å². The van der Waals surface area contributed by atoms with Crippen LogP contribution in [0, 0.1) is 0 Å². The van der Waals surface area contributed by atoms with Crippen LogP contribution in [0.1, 0.15) is 29.9 Å². The average molecular weight is 283 g/mol. The molecule has 3 N–H and O–H groups in total. The number of nitrogen functional groups attached to an aromatic ring is 1. The molecule has 6 heteroatoms. The zero-order valence-electron chi connectivity index (χ0n) is 11.4. The van der Waals surface area contributed by atoms with Crippen LogP contribution in [0.3, 0.4) is 0 Å². The molecule has 19 heavy (non-hydrogen) atoms. The number of hydrogen-bond donors (Lipinski definition) is 2. The van der Waals surface area contributed by atoms with E-state index in [4.69, 9.17) is 10.5 Å². The second-order valence-corrected chi connectivity index (χ2v) is 5.78. The standard InChI is InChI=1S/C13H21N3O2S/c1-3-4-15-13(17)12-10(14)7-11(19-12)16-5-6-18-9(2)8-16/h7,9H,3-6,8,14H2,1-2H3,(H,15,17). The number of nitrogens with zero attached hydrogens (tertiary/aromatic N) is 1. The fraction of sp³-hybridized carbons (Fsp3) is 0.615. The van der Waals surface area contributed by atoms with Gasteiger partial charge in [0.1, 0.15) is 4.88 Å². The van der Waals surface area contributed by atoms with Crippen LogP contribution >= 0.6 is 11.3 Å². The number of nitrogens with one attached hydrogen (secondary N) is 1. The van der Waals surface area contributed by atoms with Crippen LogP contribution in [0.5, 0.6) is 0 Å². The number of hydrogen-bond acceptors (Lipinski definition) is 5. The second-order valence-electron chi connectivity index (χ2n) is 4.75. The molecule has 5 nitrogen and oxygen atoms in total. The Bertz CT molecular complexity index is 447. The summed E-state index contributed by atoms with van der Waals surface area (Å²) < 4.78 is 5.52. The molecule has 106 valence electrons. The number of carbonyl (C=O) groups excluding carboxylic acids is 1. The monoisotopic (exact) mass is 283 g/mol. The Hall–Kier alpha value is -1.27. The van der Waals surface area contributed by atoms with E-state index in [1.807, 2.05) is 13.0 Å². The SMILES string of the molecule is CCCNC(=O)c1sc(N2CCOC(C)C2)cc1N. The van der Waals surface area contributed by atoms with Gasteiger partial charge < -0.3 is 20.7 Å². The maximum Gasteiger partial charge on any atom is 0.263 e. The third kappa shape index (κ3) is 3.39. The molecule has 0 radical (unpaired) electrons. The Labute approximate surface area is 117 Å². The number of morpholine rings is 1. The molecule has 1 unspecified atom stereocenters. The predicted octanol–water partition coefficient (Wildman–Crippen LogP) is 1.70. The van der Waals surface area contributed by atoms with E-state index in [9.17, 15) is 4.79 Å². The van der Waals surface area contributed by atoms with Crippen molar-refractivity contribution in [2.45, 2.75) is 26.4 Å². The van der Waals surface area contributed by atoms with Crippen LogP contribution in [-0.4, -0.2) is 38.3 Å². The summed E-state index contributed by atoms with van der Waals surface area (Å²) in [5, 5.41) is 3.91. The lowest BCUT2D eigenvalue weighted by molar-refractivity contribution is 0.0534. The number of ether oxygens (including phenoxy) is 1. The molecule has 2 heterocycles. The van der Waals surface area contributed by atoms with Gasteiger partial charge in [-0.1, -0.05) is 6.92 Å². The Morgan fingerprint density at radius 1 is 1.68 bits per heavy atom. The van der Waals surface area contributed by atoms with Gasteiger partial charge in [0.2, 0.25) is 0 Å². The first kappa shape index (κ1) is 14.1. The summed E-state index contributed by atoms with van der Waals surface area (Å²) in [6.45, 7) is 7.17. The van der Waals surface area contributed by atoms with Gasteiger partial charge in [0.25, 0.3) is 5.91 Å². The number of carbonyl (C=O) groups is 1. The van der Waals surface area contributed by atoms with Gasteiger partial charge in [0, 0.05) is 19.6 Å². The Balaban J connectivity index is 2.09. The summed E-state index contributed by atoms with van der Waals surface area (Å²) in [7, 11) is 0. The highest BCUT2D eigenvalue weighted by molar-refractivity contribution is 7.18. The highest BCUT2D eigenvalue weighted by atomic mass is 32.1. The molecule has 1 aliphatic rings. The zero-order chi connectivity index (χ0) is 13.8. The van der Waals surface area contributed by atoms with Gasteiger partial charge in [-0.15, -0.1) is 11.3 Å². The van der Waals surface area contributed by atoms with Gasteiger partial charge in [-0.25, -0.2) is 0 Å². The first-order valence-electron chi connectivity index (χ1n) is 6.66. The quantitative estimate of drug-likeness (QED) is 0.882. The molecule has 0 bridgehead atoms. The lowest BCUT2D eigenvalue weighted by Crippen LogP contribution is -2.40. The molecule has 1 aromatic rings. The van der Waals surface area contributed by atoms with E-state index in [-0.39, 0.29) is 12.0 Å². The molecule has 0 spiro atoms. The largest absolute Gasteiger partial charge is 0.397 e. The molecule has 0 aliphatic carbocycles. The molecule has 1 amide bonds. The fourth-order valence-electron chi connectivity index (χ4n) is 2.06. The maximum atomic E-state index is 12.0. The predicted molar refractivity (Wildman–Crippen MR) is 79.0 cm³/mol. The molecule has 1 aliphatic heterocycles. The van der Waals surface area contributed by atoms with E-state index < -0.39 is 0 Å².